The Morgan fingerprint density at radius 3 is 1.97 bits per heavy atom. The van der Waals surface area contributed by atoms with Crippen molar-refractivity contribution in [3.8, 4) is 5.75 Å². The molecule has 1 atom stereocenters. The van der Waals surface area contributed by atoms with Crippen molar-refractivity contribution in [3.63, 3.8) is 0 Å². The number of carbonyl (C=O) groups excluding carboxylic acids is 1. The van der Waals surface area contributed by atoms with E-state index in [-0.39, 0.29) is 22.9 Å². The van der Waals surface area contributed by atoms with E-state index in [1.54, 1.807) is 6.07 Å². The highest BCUT2D eigenvalue weighted by molar-refractivity contribution is 6.23. The zero-order valence-corrected chi connectivity index (χ0v) is 20.7. The summed E-state index contributed by atoms with van der Waals surface area (Å²) in [5.41, 5.74) is 2.80. The number of hydrogen-bond acceptors (Lipinski definition) is 5. The molecular weight excluding hydrogens is 442 g/mol. The fourth-order valence-corrected chi connectivity index (χ4v) is 5.15. The quantitative estimate of drug-likeness (QED) is 0.416. The lowest BCUT2D eigenvalue weighted by molar-refractivity contribution is 0.103. The van der Waals surface area contributed by atoms with Crippen molar-refractivity contribution < 1.29 is 9.90 Å². The third kappa shape index (κ3) is 3.45. The first-order chi connectivity index (χ1) is 16.3. The van der Waals surface area contributed by atoms with Gasteiger partial charge in [0.2, 0.25) is 0 Å². The summed E-state index contributed by atoms with van der Waals surface area (Å²) in [4.78, 5) is 44.1. The highest BCUT2D eigenvalue weighted by atomic mass is 16.3. The molecule has 1 aliphatic heterocycles. The minimum atomic E-state index is -0.732. The lowest BCUT2D eigenvalue weighted by Crippen LogP contribution is -2.33. The summed E-state index contributed by atoms with van der Waals surface area (Å²) in [6.45, 7) is 12.1. The molecule has 0 bridgehead atoms. The second-order valence-corrected chi connectivity index (χ2v) is 11.4. The van der Waals surface area contributed by atoms with Gasteiger partial charge >= 0.3 is 5.69 Å². The number of aromatic amines is 2. The molecule has 180 valence electrons. The number of fused-ring (bicyclic) bond motifs is 3. The molecule has 2 heterocycles. The number of H-pyrrole nitrogens is 2. The molecule has 35 heavy (non-hydrogen) atoms. The largest absolute Gasteiger partial charge is 0.507 e. The normalized spacial score (nSPS) is 17.1. The fourth-order valence-electron chi connectivity index (χ4n) is 5.15. The number of nitrogens with one attached hydrogen (secondary N) is 3. The number of benzene rings is 2. The molecule has 5 rings (SSSR count). The smallest absolute Gasteiger partial charge is 0.327 e. The van der Waals surface area contributed by atoms with Gasteiger partial charge in [0.25, 0.3) is 5.56 Å². The molecule has 0 saturated carbocycles. The standard InChI is InChI=1S/C28H29N3O4/c1-27(2,3)16-11-13(12-17(23(16)33)28(4,5)6)18-19-21(14-9-7-8-10-15(14)22(19)32)29-24-20(18)25(34)31-26(35)30-24/h7-12,18,33H,1-6H3,(H3,29,30,31,34,35)/t18-/m0/s1. The molecule has 2 aromatic carbocycles. The van der Waals surface area contributed by atoms with E-state index in [4.69, 9.17) is 0 Å². The van der Waals surface area contributed by atoms with Gasteiger partial charge in [0.05, 0.1) is 11.3 Å². The Kier molecular flexibility index (Phi) is 4.78. The number of Topliss-reactive ketones (excluding diaryl/α,β-unsaturated/α-hetero) is 1. The number of anilines is 1. The molecular formula is C28H29N3O4. The van der Waals surface area contributed by atoms with Crippen LogP contribution in [0.25, 0.3) is 5.70 Å². The van der Waals surface area contributed by atoms with E-state index in [1.807, 2.05) is 71.9 Å². The van der Waals surface area contributed by atoms with Crippen LogP contribution in [0, 0.1) is 0 Å². The number of phenols is 1. The SMILES string of the molecule is CC(C)(C)c1cc([C@H]2C3=C(Nc4[nH]c(=O)[nH]c(=O)c42)c2ccccc2C3=O)cc(C(C)(C)C)c1O. The van der Waals surface area contributed by atoms with E-state index in [1.165, 1.54) is 0 Å². The Hall–Kier alpha value is -3.87. The molecule has 0 saturated heterocycles. The first-order valence-electron chi connectivity index (χ1n) is 11.7. The first kappa shape index (κ1) is 22.9. The first-order valence-corrected chi connectivity index (χ1v) is 11.7. The molecule has 1 aromatic heterocycles. The van der Waals surface area contributed by atoms with Gasteiger partial charge in [-0.1, -0.05) is 77.9 Å². The van der Waals surface area contributed by atoms with Crippen molar-refractivity contribution in [2.24, 2.45) is 0 Å². The lowest BCUT2D eigenvalue weighted by Gasteiger charge is -2.32. The zero-order chi connectivity index (χ0) is 25.4. The molecule has 0 spiro atoms. The lowest BCUT2D eigenvalue weighted by atomic mass is 9.74. The van der Waals surface area contributed by atoms with Crippen LogP contribution in [0.1, 0.15) is 85.6 Å². The van der Waals surface area contributed by atoms with Crippen molar-refractivity contribution in [1.29, 1.82) is 0 Å². The third-order valence-electron chi connectivity index (χ3n) is 6.84. The van der Waals surface area contributed by atoms with E-state index < -0.39 is 28.0 Å². The summed E-state index contributed by atoms with van der Waals surface area (Å²) >= 11 is 0. The Morgan fingerprint density at radius 1 is 0.829 bits per heavy atom. The number of rotatable bonds is 1. The number of aromatic hydroxyl groups is 1. The summed E-state index contributed by atoms with van der Waals surface area (Å²) in [5, 5.41) is 14.4. The maximum atomic E-state index is 13.7. The monoisotopic (exact) mass is 471 g/mol. The average Bonchev–Trinajstić information content (AvgIpc) is 3.03. The number of aromatic nitrogens is 2. The second kappa shape index (κ2) is 7.31. The zero-order valence-electron chi connectivity index (χ0n) is 20.7. The van der Waals surface area contributed by atoms with Crippen LogP contribution >= 0.6 is 0 Å². The molecule has 7 heteroatoms. The van der Waals surface area contributed by atoms with Crippen LogP contribution in [0.5, 0.6) is 5.75 Å². The Balaban J connectivity index is 1.89. The maximum Gasteiger partial charge on any atom is 0.327 e. The van der Waals surface area contributed by atoms with Gasteiger partial charge in [0.15, 0.2) is 5.78 Å². The van der Waals surface area contributed by atoms with E-state index in [9.17, 15) is 19.5 Å². The fraction of sp³-hybridized carbons (Fsp3) is 0.321. The number of carbonyl (C=O) groups is 1. The maximum absolute atomic E-state index is 13.7. The topological polar surface area (TPSA) is 115 Å². The molecule has 3 aromatic rings. The van der Waals surface area contributed by atoms with Gasteiger partial charge in [-0.05, 0) is 27.5 Å². The van der Waals surface area contributed by atoms with E-state index in [2.05, 4.69) is 15.3 Å². The number of allylic oxidation sites excluding steroid dienone is 1. The van der Waals surface area contributed by atoms with Crippen molar-refractivity contribution in [3.05, 3.63) is 96.2 Å². The predicted octanol–water partition coefficient (Wildman–Crippen LogP) is 4.53. The van der Waals surface area contributed by atoms with Crippen LogP contribution in [0.4, 0.5) is 5.82 Å². The summed E-state index contributed by atoms with van der Waals surface area (Å²) < 4.78 is 0. The molecule has 0 amide bonds. The summed E-state index contributed by atoms with van der Waals surface area (Å²) in [6.07, 6.45) is 0. The minimum absolute atomic E-state index is 0.160. The van der Waals surface area contributed by atoms with Gasteiger partial charge < -0.3 is 10.4 Å². The van der Waals surface area contributed by atoms with Crippen LogP contribution < -0.4 is 16.6 Å². The Morgan fingerprint density at radius 2 is 1.40 bits per heavy atom. The highest BCUT2D eigenvalue weighted by Crippen LogP contribution is 2.50. The molecule has 0 radical (unpaired) electrons. The van der Waals surface area contributed by atoms with Crippen LogP contribution in [-0.4, -0.2) is 20.9 Å². The van der Waals surface area contributed by atoms with Crippen molar-refractivity contribution >= 4 is 17.3 Å². The van der Waals surface area contributed by atoms with Gasteiger partial charge in [0, 0.05) is 22.6 Å². The number of ketones is 1. The summed E-state index contributed by atoms with van der Waals surface area (Å²) in [5.74, 6) is -0.403. The van der Waals surface area contributed by atoms with Gasteiger partial charge in [-0.2, -0.15) is 0 Å². The summed E-state index contributed by atoms with van der Waals surface area (Å²) in [7, 11) is 0. The molecule has 7 nitrogen and oxygen atoms in total. The van der Waals surface area contributed by atoms with Crippen LogP contribution in [0.3, 0.4) is 0 Å². The molecule has 2 aliphatic rings. The molecule has 4 N–H and O–H groups in total. The van der Waals surface area contributed by atoms with Gasteiger partial charge in [0.1, 0.15) is 11.6 Å². The second-order valence-electron chi connectivity index (χ2n) is 11.4. The number of phenolic OH excluding ortho intramolecular Hbond substituents is 1. The molecule has 0 unspecified atom stereocenters. The van der Waals surface area contributed by atoms with Gasteiger partial charge in [-0.15, -0.1) is 0 Å². The summed E-state index contributed by atoms with van der Waals surface area (Å²) in [6, 6.07) is 11.1. The van der Waals surface area contributed by atoms with E-state index in [0.717, 1.165) is 16.7 Å². The predicted molar refractivity (Wildman–Crippen MR) is 136 cm³/mol. The van der Waals surface area contributed by atoms with Crippen molar-refractivity contribution in [2.45, 2.75) is 58.3 Å². The Bertz CT molecular complexity index is 1520. The molecule has 1 aliphatic carbocycles. The minimum Gasteiger partial charge on any atom is -0.507 e. The van der Waals surface area contributed by atoms with Crippen LogP contribution in [-0.2, 0) is 10.8 Å². The van der Waals surface area contributed by atoms with Gasteiger partial charge in [-0.3, -0.25) is 19.6 Å². The van der Waals surface area contributed by atoms with E-state index >= 15 is 0 Å². The Labute approximate surface area is 202 Å². The molecule has 0 fully saturated rings. The van der Waals surface area contributed by atoms with Crippen molar-refractivity contribution in [2.75, 3.05) is 5.32 Å². The van der Waals surface area contributed by atoms with E-state index in [0.29, 0.717) is 22.4 Å². The average molecular weight is 472 g/mol. The number of hydrogen-bond donors (Lipinski definition) is 4. The van der Waals surface area contributed by atoms with Crippen LogP contribution in [0.2, 0.25) is 0 Å². The van der Waals surface area contributed by atoms with Crippen LogP contribution in [0.15, 0.2) is 51.6 Å². The highest BCUT2D eigenvalue weighted by Gasteiger charge is 2.42. The van der Waals surface area contributed by atoms with Gasteiger partial charge in [-0.25, -0.2) is 4.79 Å². The third-order valence-corrected chi connectivity index (χ3v) is 6.84. The van der Waals surface area contributed by atoms with Crippen molar-refractivity contribution in [1.82, 2.24) is 9.97 Å².